The fourth-order valence-corrected chi connectivity index (χ4v) is 1.90. The molecule has 5 heteroatoms. The summed E-state index contributed by atoms with van der Waals surface area (Å²) in [5.74, 6) is -0.481. The van der Waals surface area contributed by atoms with Crippen LogP contribution in [-0.2, 0) is 0 Å². The summed E-state index contributed by atoms with van der Waals surface area (Å²) in [5, 5.41) is 2.96. The summed E-state index contributed by atoms with van der Waals surface area (Å²) in [5.41, 5.74) is 1.70. The number of hydrogen-bond donors (Lipinski definition) is 1. The van der Waals surface area contributed by atoms with E-state index in [1.165, 1.54) is 30.3 Å². The number of halogens is 2. The van der Waals surface area contributed by atoms with Crippen LogP contribution in [0.3, 0.4) is 0 Å². The maximum absolute atomic E-state index is 12.8. The molecule has 0 spiro atoms. The number of nitrogens with one attached hydrogen (secondary N) is 1. The predicted molar refractivity (Wildman–Crippen MR) is 77.7 cm³/mol. The van der Waals surface area contributed by atoms with Gasteiger partial charge in [-0.15, -0.1) is 0 Å². The number of nitrogens with zero attached hydrogens (tertiary/aromatic N) is 1. The van der Waals surface area contributed by atoms with Gasteiger partial charge in [-0.1, -0.05) is 25.4 Å². The van der Waals surface area contributed by atoms with Crippen molar-refractivity contribution in [1.29, 1.82) is 0 Å². The van der Waals surface area contributed by atoms with Crippen LogP contribution in [0.5, 0.6) is 0 Å². The van der Waals surface area contributed by atoms with E-state index in [4.69, 9.17) is 11.6 Å². The van der Waals surface area contributed by atoms with Gasteiger partial charge in [-0.05, 0) is 42.3 Å². The monoisotopic (exact) mass is 292 g/mol. The molecule has 0 aliphatic heterocycles. The van der Waals surface area contributed by atoms with E-state index >= 15 is 0 Å². The molecule has 0 aliphatic rings. The third kappa shape index (κ3) is 3.54. The van der Waals surface area contributed by atoms with E-state index in [0.717, 1.165) is 5.69 Å². The fraction of sp³-hybridized carbons (Fsp3) is 0.200. The van der Waals surface area contributed by atoms with Crippen LogP contribution in [0.25, 0.3) is 0 Å². The Morgan fingerprint density at radius 3 is 2.50 bits per heavy atom. The summed E-state index contributed by atoms with van der Waals surface area (Å²) in [4.78, 5) is 16.3. The van der Waals surface area contributed by atoms with E-state index in [1.807, 2.05) is 13.8 Å². The Morgan fingerprint density at radius 1 is 1.25 bits per heavy atom. The van der Waals surface area contributed by atoms with Gasteiger partial charge in [-0.25, -0.2) is 9.37 Å². The molecule has 0 saturated carbocycles. The molecular formula is C15H14ClFN2O. The number of hydrogen-bond acceptors (Lipinski definition) is 2. The number of carbonyl (C=O) groups is 1. The highest BCUT2D eigenvalue weighted by Crippen LogP contribution is 2.19. The Hall–Kier alpha value is -1.94. The first-order valence-electron chi connectivity index (χ1n) is 6.20. The fourth-order valence-electron chi connectivity index (χ4n) is 1.68. The van der Waals surface area contributed by atoms with E-state index in [0.29, 0.717) is 11.3 Å². The molecule has 3 nitrogen and oxygen atoms in total. The summed E-state index contributed by atoms with van der Waals surface area (Å²) in [6, 6.07) is 8.78. The standard InChI is InChI=1S/C15H14ClFN2O/c1-9(2)13-7-10(8-14(16)19-13)15(20)18-12-5-3-11(17)4-6-12/h3-9H,1-2H3,(H,18,20). The molecule has 0 fully saturated rings. The van der Waals surface area contributed by atoms with Crippen LogP contribution in [0.2, 0.25) is 5.15 Å². The molecule has 1 N–H and O–H groups in total. The summed E-state index contributed by atoms with van der Waals surface area (Å²) in [6.45, 7) is 3.95. The topological polar surface area (TPSA) is 42.0 Å². The number of rotatable bonds is 3. The van der Waals surface area contributed by atoms with Crippen molar-refractivity contribution < 1.29 is 9.18 Å². The maximum atomic E-state index is 12.8. The first-order valence-corrected chi connectivity index (χ1v) is 6.58. The molecule has 20 heavy (non-hydrogen) atoms. The Morgan fingerprint density at radius 2 is 1.90 bits per heavy atom. The van der Waals surface area contributed by atoms with Crippen molar-refractivity contribution in [3.8, 4) is 0 Å². The zero-order chi connectivity index (χ0) is 14.7. The van der Waals surface area contributed by atoms with Crippen molar-refractivity contribution in [3.05, 3.63) is 58.6 Å². The normalized spacial score (nSPS) is 10.7. The van der Waals surface area contributed by atoms with E-state index in [-0.39, 0.29) is 22.8 Å². The first-order chi connectivity index (χ1) is 9.45. The van der Waals surface area contributed by atoms with Gasteiger partial charge < -0.3 is 5.32 Å². The van der Waals surface area contributed by atoms with E-state index < -0.39 is 0 Å². The molecule has 2 aromatic rings. The van der Waals surface area contributed by atoms with E-state index in [9.17, 15) is 9.18 Å². The average Bonchev–Trinajstić information content (AvgIpc) is 2.40. The Labute approximate surface area is 121 Å². The highest BCUT2D eigenvalue weighted by atomic mass is 35.5. The first kappa shape index (κ1) is 14.5. The second-order valence-electron chi connectivity index (χ2n) is 4.72. The number of pyridine rings is 1. The highest BCUT2D eigenvalue weighted by Gasteiger charge is 2.11. The summed E-state index contributed by atoms with van der Waals surface area (Å²) >= 11 is 5.92. The molecule has 0 aliphatic carbocycles. The molecule has 0 saturated heterocycles. The summed E-state index contributed by atoms with van der Waals surface area (Å²) in [7, 11) is 0. The molecule has 1 amide bonds. The molecule has 0 atom stereocenters. The summed E-state index contributed by atoms with van der Waals surface area (Å²) in [6.07, 6.45) is 0. The second kappa shape index (κ2) is 6.01. The smallest absolute Gasteiger partial charge is 0.255 e. The number of amides is 1. The number of aromatic nitrogens is 1. The van der Waals surface area contributed by atoms with Crippen molar-refractivity contribution in [3.63, 3.8) is 0 Å². The molecule has 104 valence electrons. The number of carbonyl (C=O) groups excluding carboxylic acids is 1. The van der Waals surface area contributed by atoms with Crippen LogP contribution in [0.1, 0.15) is 35.8 Å². The van der Waals surface area contributed by atoms with Gasteiger partial charge in [-0.2, -0.15) is 0 Å². The van der Waals surface area contributed by atoms with Gasteiger partial charge in [0.2, 0.25) is 0 Å². The lowest BCUT2D eigenvalue weighted by Gasteiger charge is -2.09. The van der Waals surface area contributed by atoms with Gasteiger partial charge >= 0.3 is 0 Å². The van der Waals surface area contributed by atoms with Crippen molar-refractivity contribution in [1.82, 2.24) is 4.98 Å². The van der Waals surface area contributed by atoms with Gasteiger partial charge in [0.25, 0.3) is 5.91 Å². The Kier molecular flexibility index (Phi) is 4.35. The van der Waals surface area contributed by atoms with Gasteiger partial charge in [0.05, 0.1) is 0 Å². The minimum atomic E-state index is -0.350. The van der Waals surface area contributed by atoms with Crippen LogP contribution >= 0.6 is 11.6 Å². The van der Waals surface area contributed by atoms with Crippen molar-refractivity contribution in [2.75, 3.05) is 5.32 Å². The van der Waals surface area contributed by atoms with Crippen LogP contribution < -0.4 is 5.32 Å². The Bertz CT molecular complexity index is 626. The Balaban J connectivity index is 2.22. The lowest BCUT2D eigenvalue weighted by atomic mass is 10.1. The van der Waals surface area contributed by atoms with E-state index in [2.05, 4.69) is 10.3 Å². The van der Waals surface area contributed by atoms with Crippen LogP contribution in [0, 0.1) is 5.82 Å². The third-order valence-electron chi connectivity index (χ3n) is 2.77. The minimum absolute atomic E-state index is 0.172. The largest absolute Gasteiger partial charge is 0.322 e. The molecule has 0 unspecified atom stereocenters. The maximum Gasteiger partial charge on any atom is 0.255 e. The molecule has 1 aromatic carbocycles. The van der Waals surface area contributed by atoms with Crippen molar-refractivity contribution in [2.45, 2.75) is 19.8 Å². The van der Waals surface area contributed by atoms with Crippen LogP contribution in [0.4, 0.5) is 10.1 Å². The average molecular weight is 293 g/mol. The number of benzene rings is 1. The zero-order valence-electron chi connectivity index (χ0n) is 11.2. The quantitative estimate of drug-likeness (QED) is 0.859. The van der Waals surface area contributed by atoms with Gasteiger partial charge in [0, 0.05) is 16.9 Å². The van der Waals surface area contributed by atoms with Crippen molar-refractivity contribution >= 4 is 23.2 Å². The van der Waals surface area contributed by atoms with Gasteiger partial charge in [-0.3, -0.25) is 4.79 Å². The molecule has 1 heterocycles. The lowest BCUT2D eigenvalue weighted by Crippen LogP contribution is -2.13. The molecular weight excluding hydrogens is 279 g/mol. The van der Waals surface area contributed by atoms with Crippen LogP contribution in [0.15, 0.2) is 36.4 Å². The molecule has 1 aromatic heterocycles. The molecule has 0 bridgehead atoms. The lowest BCUT2D eigenvalue weighted by molar-refractivity contribution is 0.102. The third-order valence-corrected chi connectivity index (χ3v) is 2.96. The highest BCUT2D eigenvalue weighted by molar-refractivity contribution is 6.29. The van der Waals surface area contributed by atoms with Gasteiger partial charge in [0.1, 0.15) is 11.0 Å². The van der Waals surface area contributed by atoms with Crippen molar-refractivity contribution in [2.24, 2.45) is 0 Å². The van der Waals surface area contributed by atoms with Gasteiger partial charge in [0.15, 0.2) is 0 Å². The molecule has 2 rings (SSSR count). The molecule has 0 radical (unpaired) electrons. The predicted octanol–water partition coefficient (Wildman–Crippen LogP) is 4.25. The van der Waals surface area contributed by atoms with Crippen LogP contribution in [-0.4, -0.2) is 10.9 Å². The summed E-state index contributed by atoms with van der Waals surface area (Å²) < 4.78 is 12.8. The number of anilines is 1. The zero-order valence-corrected chi connectivity index (χ0v) is 11.9. The van der Waals surface area contributed by atoms with E-state index in [1.54, 1.807) is 6.07 Å². The SMILES string of the molecule is CC(C)c1cc(C(=O)Nc2ccc(F)cc2)cc(Cl)n1. The minimum Gasteiger partial charge on any atom is -0.322 e. The second-order valence-corrected chi connectivity index (χ2v) is 5.11.